The minimum Gasteiger partial charge on any atom is -0.335 e. The predicted molar refractivity (Wildman–Crippen MR) is 83.0 cm³/mol. The molecule has 0 fully saturated rings. The van der Waals surface area contributed by atoms with Crippen LogP contribution in [0.2, 0.25) is 5.02 Å². The van der Waals surface area contributed by atoms with Crippen molar-refractivity contribution in [2.24, 2.45) is 4.99 Å². The maximum Gasteiger partial charge on any atom is 0.161 e. The van der Waals surface area contributed by atoms with Gasteiger partial charge >= 0.3 is 0 Å². The monoisotopic (exact) mass is 293 g/mol. The molecule has 0 radical (unpaired) electrons. The van der Waals surface area contributed by atoms with Gasteiger partial charge in [0.25, 0.3) is 0 Å². The van der Waals surface area contributed by atoms with E-state index in [1.165, 1.54) is 0 Å². The zero-order chi connectivity index (χ0) is 13.9. The van der Waals surface area contributed by atoms with Crippen molar-refractivity contribution < 1.29 is 0 Å². The molecular formula is C14H16ClN3S. The average molecular weight is 294 g/mol. The summed E-state index contributed by atoms with van der Waals surface area (Å²) in [6.45, 7) is 4.35. The topological polar surface area (TPSA) is 48.2 Å². The third-order valence-corrected chi connectivity index (χ3v) is 4.93. The van der Waals surface area contributed by atoms with Crippen molar-refractivity contribution in [1.29, 1.82) is 5.26 Å². The second kappa shape index (κ2) is 5.85. The number of rotatable bonds is 3. The molecule has 1 N–H and O–H groups in total. The van der Waals surface area contributed by atoms with Crippen molar-refractivity contribution in [3.63, 3.8) is 0 Å². The minimum atomic E-state index is 0.0728. The lowest BCUT2D eigenvalue weighted by Crippen LogP contribution is -2.24. The van der Waals surface area contributed by atoms with Gasteiger partial charge < -0.3 is 5.32 Å². The average Bonchev–Trinajstić information content (AvgIpc) is 2.83. The highest BCUT2D eigenvalue weighted by atomic mass is 35.5. The van der Waals surface area contributed by atoms with E-state index in [-0.39, 0.29) is 5.54 Å². The first-order chi connectivity index (χ1) is 9.12. The number of benzene rings is 1. The zero-order valence-corrected chi connectivity index (χ0v) is 12.6. The number of anilines is 1. The molecule has 0 unspecified atom stereocenters. The quantitative estimate of drug-likeness (QED) is 0.904. The molecule has 5 heteroatoms. The number of amidine groups is 1. The summed E-state index contributed by atoms with van der Waals surface area (Å²) in [7, 11) is 0. The van der Waals surface area contributed by atoms with Crippen molar-refractivity contribution in [1.82, 2.24) is 0 Å². The van der Waals surface area contributed by atoms with Crippen LogP contribution in [-0.2, 0) is 0 Å². The van der Waals surface area contributed by atoms with Crippen molar-refractivity contribution in [2.75, 3.05) is 11.1 Å². The molecule has 1 heterocycles. The fourth-order valence-corrected chi connectivity index (χ4v) is 3.52. The first kappa shape index (κ1) is 14.2. The van der Waals surface area contributed by atoms with E-state index < -0.39 is 0 Å². The normalized spacial score (nSPS) is 16.8. The van der Waals surface area contributed by atoms with Crippen LogP contribution < -0.4 is 5.32 Å². The number of hydrogen-bond acceptors (Lipinski definition) is 4. The van der Waals surface area contributed by atoms with Crippen LogP contribution in [0.5, 0.6) is 0 Å². The Hall–Kier alpha value is -1.18. The van der Waals surface area contributed by atoms with E-state index in [1.54, 1.807) is 23.9 Å². The van der Waals surface area contributed by atoms with Gasteiger partial charge in [-0.05, 0) is 31.0 Å². The molecule has 0 aliphatic carbocycles. The summed E-state index contributed by atoms with van der Waals surface area (Å²) in [6.07, 6.45) is 2.10. The molecule has 0 atom stereocenters. The number of thioether (sulfide) groups is 1. The molecule has 1 aromatic carbocycles. The highest BCUT2D eigenvalue weighted by Crippen LogP contribution is 2.34. The summed E-state index contributed by atoms with van der Waals surface area (Å²) in [6, 6.07) is 7.39. The van der Waals surface area contributed by atoms with E-state index >= 15 is 0 Å². The maximum atomic E-state index is 8.84. The zero-order valence-electron chi connectivity index (χ0n) is 11.0. The number of nitrogens with zero attached hydrogens (tertiary/aromatic N) is 2. The van der Waals surface area contributed by atoms with E-state index in [4.69, 9.17) is 21.9 Å². The van der Waals surface area contributed by atoms with Crippen LogP contribution in [0.15, 0.2) is 23.2 Å². The minimum absolute atomic E-state index is 0.0728. The third-order valence-electron chi connectivity index (χ3n) is 3.47. The van der Waals surface area contributed by atoms with Crippen molar-refractivity contribution >= 4 is 34.2 Å². The van der Waals surface area contributed by atoms with Gasteiger partial charge in [-0.3, -0.25) is 4.99 Å². The van der Waals surface area contributed by atoms with Gasteiger partial charge in [0.05, 0.1) is 16.1 Å². The molecule has 0 aromatic heterocycles. The third kappa shape index (κ3) is 3.05. The summed E-state index contributed by atoms with van der Waals surface area (Å²) in [4.78, 5) is 4.78. The number of nitriles is 1. The molecule has 1 aromatic rings. The Morgan fingerprint density at radius 3 is 2.74 bits per heavy atom. The first-order valence-corrected chi connectivity index (χ1v) is 7.68. The van der Waals surface area contributed by atoms with Gasteiger partial charge in [-0.25, -0.2) is 0 Å². The lowest BCUT2D eigenvalue weighted by atomic mass is 9.97. The molecule has 19 heavy (non-hydrogen) atoms. The smallest absolute Gasteiger partial charge is 0.161 e. The van der Waals surface area contributed by atoms with Crippen LogP contribution in [0, 0.1) is 11.3 Å². The van der Waals surface area contributed by atoms with Gasteiger partial charge in [-0.15, -0.1) is 0 Å². The Morgan fingerprint density at radius 2 is 2.21 bits per heavy atom. The first-order valence-electron chi connectivity index (χ1n) is 6.32. The molecule has 0 amide bonds. The maximum absolute atomic E-state index is 8.84. The predicted octanol–water partition coefficient (Wildman–Crippen LogP) is 4.29. The van der Waals surface area contributed by atoms with Crippen LogP contribution in [0.3, 0.4) is 0 Å². The molecule has 0 saturated carbocycles. The standard InChI is InChI=1S/C14H16ClN3S/c1-3-14(4-2)9-19-13(18-14)17-11-6-5-10(8-16)12(15)7-11/h5-7H,3-4,9H2,1-2H3,(H,17,18). The molecule has 0 spiro atoms. The Labute approximate surface area is 123 Å². The van der Waals surface area contributed by atoms with Gasteiger partial charge in [0.2, 0.25) is 0 Å². The number of aliphatic imine (C=N–C) groups is 1. The van der Waals surface area contributed by atoms with E-state index in [0.29, 0.717) is 10.6 Å². The Morgan fingerprint density at radius 1 is 1.47 bits per heavy atom. The van der Waals surface area contributed by atoms with Crippen molar-refractivity contribution in [2.45, 2.75) is 32.2 Å². The summed E-state index contributed by atoms with van der Waals surface area (Å²) < 4.78 is 0. The SMILES string of the molecule is CCC1(CC)CSC(Nc2ccc(C#N)c(Cl)c2)=N1. The molecule has 0 saturated heterocycles. The highest BCUT2D eigenvalue weighted by Gasteiger charge is 2.32. The molecule has 100 valence electrons. The second-order valence-corrected chi connectivity index (χ2v) is 5.94. The Kier molecular flexibility index (Phi) is 4.38. The fourth-order valence-electron chi connectivity index (χ4n) is 1.97. The lowest BCUT2D eigenvalue weighted by Gasteiger charge is -2.20. The van der Waals surface area contributed by atoms with Crippen LogP contribution in [0.4, 0.5) is 5.69 Å². The molecule has 0 bridgehead atoms. The summed E-state index contributed by atoms with van der Waals surface area (Å²) >= 11 is 7.76. The molecule has 1 aliphatic rings. The van der Waals surface area contributed by atoms with E-state index in [1.807, 2.05) is 6.07 Å². The number of hydrogen-bond donors (Lipinski definition) is 1. The summed E-state index contributed by atoms with van der Waals surface area (Å²) in [5.74, 6) is 1.02. The van der Waals surface area contributed by atoms with Gasteiger partial charge in [-0.2, -0.15) is 5.26 Å². The van der Waals surface area contributed by atoms with E-state index in [0.717, 1.165) is 29.4 Å². The van der Waals surface area contributed by atoms with Crippen LogP contribution >= 0.6 is 23.4 Å². The van der Waals surface area contributed by atoms with Crippen molar-refractivity contribution in [3.8, 4) is 6.07 Å². The van der Waals surface area contributed by atoms with Gasteiger partial charge in [0.15, 0.2) is 5.17 Å². The van der Waals surface area contributed by atoms with Crippen LogP contribution in [0.1, 0.15) is 32.3 Å². The van der Waals surface area contributed by atoms with Crippen molar-refractivity contribution in [3.05, 3.63) is 28.8 Å². The number of nitrogens with one attached hydrogen (secondary N) is 1. The summed E-state index contributed by atoms with van der Waals surface area (Å²) in [5, 5.41) is 13.5. The fraction of sp³-hybridized carbons (Fsp3) is 0.429. The largest absolute Gasteiger partial charge is 0.335 e. The van der Waals surface area contributed by atoms with Gasteiger partial charge in [-0.1, -0.05) is 37.2 Å². The molecule has 1 aliphatic heterocycles. The van der Waals surface area contributed by atoms with Gasteiger partial charge in [0, 0.05) is 11.4 Å². The molecular weight excluding hydrogens is 278 g/mol. The lowest BCUT2D eigenvalue weighted by molar-refractivity contribution is 0.456. The van der Waals surface area contributed by atoms with Crippen LogP contribution in [-0.4, -0.2) is 16.5 Å². The number of halogens is 1. The van der Waals surface area contributed by atoms with Gasteiger partial charge in [0.1, 0.15) is 6.07 Å². The van der Waals surface area contributed by atoms with E-state index in [2.05, 4.69) is 25.2 Å². The van der Waals surface area contributed by atoms with Crippen LogP contribution in [0.25, 0.3) is 0 Å². The molecule has 2 rings (SSSR count). The van der Waals surface area contributed by atoms with E-state index in [9.17, 15) is 0 Å². The Balaban J connectivity index is 2.15. The second-order valence-electron chi connectivity index (χ2n) is 4.57. The molecule has 3 nitrogen and oxygen atoms in total. The Bertz CT molecular complexity index is 544. The highest BCUT2D eigenvalue weighted by molar-refractivity contribution is 8.14. The summed E-state index contributed by atoms with van der Waals surface area (Å²) in [5.41, 5.74) is 1.44.